The van der Waals surface area contributed by atoms with Gasteiger partial charge >= 0.3 is 0 Å². The maximum absolute atomic E-state index is 12.2. The first-order valence-corrected chi connectivity index (χ1v) is 7.94. The largest absolute Gasteiger partial charge is 0.353 e. The lowest BCUT2D eigenvalue weighted by Crippen LogP contribution is -2.58. The van der Waals surface area contributed by atoms with Crippen molar-refractivity contribution < 1.29 is 4.79 Å². The number of nitrogens with zero attached hydrogens (tertiary/aromatic N) is 1. The molecule has 3 atom stereocenters. The van der Waals surface area contributed by atoms with Crippen LogP contribution >= 0.6 is 0 Å². The molecular formula is C17H27N3O. The van der Waals surface area contributed by atoms with E-state index in [0.29, 0.717) is 6.54 Å². The summed E-state index contributed by atoms with van der Waals surface area (Å²) < 4.78 is 0. The van der Waals surface area contributed by atoms with E-state index in [4.69, 9.17) is 5.73 Å². The van der Waals surface area contributed by atoms with Gasteiger partial charge in [-0.25, -0.2) is 0 Å². The average Bonchev–Trinajstić information content (AvgIpc) is 2.47. The second-order valence-corrected chi connectivity index (χ2v) is 5.88. The van der Waals surface area contributed by atoms with Crippen molar-refractivity contribution in [2.45, 2.75) is 51.7 Å². The second-order valence-electron chi connectivity index (χ2n) is 5.88. The van der Waals surface area contributed by atoms with Gasteiger partial charge in [0.1, 0.15) is 0 Å². The minimum atomic E-state index is -0.0816. The summed E-state index contributed by atoms with van der Waals surface area (Å²) in [6, 6.07) is 8.55. The van der Waals surface area contributed by atoms with Crippen molar-refractivity contribution in [3.8, 4) is 0 Å². The van der Waals surface area contributed by atoms with E-state index < -0.39 is 0 Å². The third-order valence-electron chi connectivity index (χ3n) is 4.38. The zero-order chi connectivity index (χ0) is 15.4. The number of hydrogen-bond donors (Lipinski definition) is 2. The Morgan fingerprint density at radius 3 is 2.81 bits per heavy atom. The molecule has 1 aliphatic rings. The van der Waals surface area contributed by atoms with E-state index >= 15 is 0 Å². The Kier molecular flexibility index (Phi) is 5.37. The fraction of sp³-hybridized carbons (Fsp3) is 0.588. The van der Waals surface area contributed by atoms with Crippen LogP contribution in [0.25, 0.3) is 0 Å². The van der Waals surface area contributed by atoms with Crippen molar-refractivity contribution in [2.24, 2.45) is 5.73 Å². The number of rotatable bonds is 5. The third kappa shape index (κ3) is 3.44. The SMILES string of the molecule is CCC(N)C(c1cccc(C)c1)N1CCNC(=O)C1CC. The first kappa shape index (κ1) is 16.0. The molecule has 2 rings (SSSR count). The molecule has 116 valence electrons. The van der Waals surface area contributed by atoms with Crippen LogP contribution in [0.4, 0.5) is 0 Å². The normalized spacial score (nSPS) is 22.7. The summed E-state index contributed by atoms with van der Waals surface area (Å²) >= 11 is 0. The van der Waals surface area contributed by atoms with Crippen LogP contribution in [-0.2, 0) is 4.79 Å². The number of nitrogens with one attached hydrogen (secondary N) is 1. The number of carbonyl (C=O) groups is 1. The van der Waals surface area contributed by atoms with Crippen molar-refractivity contribution in [1.82, 2.24) is 10.2 Å². The molecule has 0 aromatic heterocycles. The van der Waals surface area contributed by atoms with Gasteiger partial charge in [0.25, 0.3) is 0 Å². The molecule has 0 bridgehead atoms. The Bertz CT molecular complexity index is 489. The maximum Gasteiger partial charge on any atom is 0.237 e. The highest BCUT2D eigenvalue weighted by atomic mass is 16.2. The third-order valence-corrected chi connectivity index (χ3v) is 4.38. The summed E-state index contributed by atoms with van der Waals surface area (Å²) in [6.07, 6.45) is 1.71. The molecule has 1 aliphatic heterocycles. The van der Waals surface area contributed by atoms with Crippen molar-refractivity contribution >= 4 is 5.91 Å². The van der Waals surface area contributed by atoms with E-state index in [2.05, 4.69) is 55.3 Å². The quantitative estimate of drug-likeness (QED) is 0.871. The molecule has 4 nitrogen and oxygen atoms in total. The average molecular weight is 289 g/mol. The second kappa shape index (κ2) is 7.05. The van der Waals surface area contributed by atoms with E-state index in [9.17, 15) is 4.79 Å². The Labute approximate surface area is 127 Å². The van der Waals surface area contributed by atoms with Gasteiger partial charge in [-0.2, -0.15) is 0 Å². The molecule has 0 saturated carbocycles. The monoisotopic (exact) mass is 289 g/mol. The Morgan fingerprint density at radius 1 is 1.43 bits per heavy atom. The molecule has 1 aromatic carbocycles. The zero-order valence-electron chi connectivity index (χ0n) is 13.3. The van der Waals surface area contributed by atoms with Gasteiger partial charge in [0.15, 0.2) is 0 Å². The minimum Gasteiger partial charge on any atom is -0.353 e. The van der Waals surface area contributed by atoms with Crippen LogP contribution in [0.15, 0.2) is 24.3 Å². The minimum absolute atomic E-state index is 0.0340. The Hall–Kier alpha value is -1.39. The van der Waals surface area contributed by atoms with Gasteiger partial charge in [0, 0.05) is 19.1 Å². The zero-order valence-corrected chi connectivity index (χ0v) is 13.3. The molecule has 21 heavy (non-hydrogen) atoms. The van der Waals surface area contributed by atoms with Crippen molar-refractivity contribution in [1.29, 1.82) is 0 Å². The van der Waals surface area contributed by atoms with Gasteiger partial charge in [0.2, 0.25) is 5.91 Å². The van der Waals surface area contributed by atoms with Crippen LogP contribution in [0, 0.1) is 6.92 Å². The van der Waals surface area contributed by atoms with Crippen LogP contribution < -0.4 is 11.1 Å². The molecule has 1 amide bonds. The van der Waals surface area contributed by atoms with E-state index in [-0.39, 0.29) is 24.0 Å². The van der Waals surface area contributed by atoms with Gasteiger partial charge in [-0.1, -0.05) is 43.7 Å². The molecular weight excluding hydrogens is 262 g/mol. The number of hydrogen-bond acceptors (Lipinski definition) is 3. The van der Waals surface area contributed by atoms with Gasteiger partial charge in [-0.15, -0.1) is 0 Å². The number of benzene rings is 1. The number of carbonyl (C=O) groups excluding carboxylic acids is 1. The lowest BCUT2D eigenvalue weighted by atomic mass is 9.92. The molecule has 0 spiro atoms. The van der Waals surface area contributed by atoms with E-state index in [1.165, 1.54) is 11.1 Å². The smallest absolute Gasteiger partial charge is 0.237 e. The highest BCUT2D eigenvalue weighted by Gasteiger charge is 2.36. The van der Waals surface area contributed by atoms with Crippen molar-refractivity contribution in [2.75, 3.05) is 13.1 Å². The topological polar surface area (TPSA) is 58.4 Å². The number of aryl methyl sites for hydroxylation is 1. The van der Waals surface area contributed by atoms with Crippen molar-refractivity contribution in [3.05, 3.63) is 35.4 Å². The molecule has 1 aromatic rings. The maximum atomic E-state index is 12.2. The molecule has 0 aliphatic carbocycles. The molecule has 4 heteroatoms. The highest BCUT2D eigenvalue weighted by molar-refractivity contribution is 5.82. The Morgan fingerprint density at radius 2 is 2.19 bits per heavy atom. The van der Waals surface area contributed by atoms with Crippen LogP contribution in [-0.4, -0.2) is 36.0 Å². The molecule has 1 fully saturated rings. The summed E-state index contributed by atoms with van der Waals surface area (Å²) in [6.45, 7) is 7.83. The van der Waals surface area contributed by atoms with E-state index in [0.717, 1.165) is 19.4 Å². The highest BCUT2D eigenvalue weighted by Crippen LogP contribution is 2.29. The van der Waals surface area contributed by atoms with Gasteiger partial charge in [0.05, 0.1) is 12.1 Å². The Balaban J connectivity index is 2.37. The predicted octanol–water partition coefficient (Wildman–Crippen LogP) is 1.98. The number of nitrogens with two attached hydrogens (primary N) is 1. The fourth-order valence-electron chi connectivity index (χ4n) is 3.25. The summed E-state index contributed by atoms with van der Waals surface area (Å²) in [5.41, 5.74) is 8.87. The van der Waals surface area contributed by atoms with Crippen LogP contribution in [0.3, 0.4) is 0 Å². The lowest BCUT2D eigenvalue weighted by Gasteiger charge is -2.42. The lowest BCUT2D eigenvalue weighted by molar-refractivity contribution is -0.130. The number of amides is 1. The van der Waals surface area contributed by atoms with Crippen molar-refractivity contribution in [3.63, 3.8) is 0 Å². The fourth-order valence-corrected chi connectivity index (χ4v) is 3.25. The van der Waals surface area contributed by atoms with E-state index in [1.807, 2.05) is 0 Å². The molecule has 3 unspecified atom stereocenters. The molecule has 3 N–H and O–H groups in total. The molecule has 0 radical (unpaired) electrons. The number of piperazine rings is 1. The first-order chi connectivity index (χ1) is 10.1. The van der Waals surface area contributed by atoms with Crippen LogP contribution in [0.1, 0.15) is 43.9 Å². The van der Waals surface area contributed by atoms with Gasteiger partial charge in [-0.05, 0) is 25.3 Å². The molecule has 1 saturated heterocycles. The van der Waals surface area contributed by atoms with Gasteiger partial charge < -0.3 is 11.1 Å². The first-order valence-electron chi connectivity index (χ1n) is 7.94. The van der Waals surface area contributed by atoms with Crippen LogP contribution in [0.2, 0.25) is 0 Å². The summed E-state index contributed by atoms with van der Waals surface area (Å²) in [5.74, 6) is 0.129. The summed E-state index contributed by atoms with van der Waals surface area (Å²) in [5, 5.41) is 2.97. The van der Waals surface area contributed by atoms with Gasteiger partial charge in [-0.3, -0.25) is 9.69 Å². The standard InChI is InChI=1S/C17H27N3O/c1-4-14(18)16(13-8-6-7-12(3)11-13)20-10-9-19-17(21)15(20)5-2/h6-8,11,14-16H,4-5,9-10,18H2,1-3H3,(H,19,21). The molecule has 1 heterocycles. The van der Waals surface area contributed by atoms with E-state index in [1.54, 1.807) is 0 Å². The summed E-state index contributed by atoms with van der Waals surface area (Å²) in [4.78, 5) is 14.4. The predicted molar refractivity (Wildman–Crippen MR) is 86.0 cm³/mol. The van der Waals surface area contributed by atoms with Crippen LogP contribution in [0.5, 0.6) is 0 Å². The summed E-state index contributed by atoms with van der Waals surface area (Å²) in [7, 11) is 0.